The van der Waals surface area contributed by atoms with Crippen molar-refractivity contribution in [3.63, 3.8) is 0 Å². The van der Waals surface area contributed by atoms with E-state index in [1.54, 1.807) is 21.4 Å². The first-order valence-electron chi connectivity index (χ1n) is 11.2. The van der Waals surface area contributed by atoms with Gasteiger partial charge in [-0.15, -0.1) is 24.0 Å². The number of rotatable bonds is 6. The van der Waals surface area contributed by atoms with Gasteiger partial charge in [0.25, 0.3) is 5.91 Å². The molecule has 1 N–H and O–H groups in total. The number of carbonyl (C=O) groups is 1. The number of aromatic nitrogens is 3. The summed E-state index contributed by atoms with van der Waals surface area (Å²) in [7, 11) is 0. The molecule has 1 saturated heterocycles. The number of carbonyl (C=O) groups excluding carboxylic acids is 1. The summed E-state index contributed by atoms with van der Waals surface area (Å²) < 4.78 is 8.62. The van der Waals surface area contributed by atoms with Crippen molar-refractivity contribution >= 4 is 35.8 Å². The average molecular weight is 557 g/mol. The largest absolute Gasteiger partial charge is 0.459 e. The third kappa shape index (κ3) is 5.54. The fraction of sp³-hybridized carbons (Fsp3) is 0.619. The van der Waals surface area contributed by atoms with E-state index >= 15 is 0 Å². The van der Waals surface area contributed by atoms with Crippen molar-refractivity contribution in [3.05, 3.63) is 40.5 Å². The average Bonchev–Trinajstić information content (AvgIpc) is 3.45. The lowest BCUT2D eigenvalue weighted by Gasteiger charge is -2.36. The number of furan rings is 1. The number of amides is 1. The van der Waals surface area contributed by atoms with Gasteiger partial charge >= 0.3 is 5.69 Å². The highest BCUT2D eigenvalue weighted by Gasteiger charge is 2.25. The Hall–Kier alpha value is -2.31. The van der Waals surface area contributed by atoms with Gasteiger partial charge in [-0.25, -0.2) is 9.48 Å². The molecule has 0 saturated carbocycles. The van der Waals surface area contributed by atoms with E-state index in [4.69, 9.17) is 9.41 Å². The maximum absolute atomic E-state index is 12.4. The summed E-state index contributed by atoms with van der Waals surface area (Å²) in [5.41, 5.74) is 0.00272. The van der Waals surface area contributed by atoms with Crippen LogP contribution in [0.15, 0.2) is 32.6 Å². The van der Waals surface area contributed by atoms with Crippen LogP contribution in [0.25, 0.3) is 0 Å². The predicted molar refractivity (Wildman–Crippen MR) is 132 cm³/mol. The molecule has 0 aromatic carbocycles. The Morgan fingerprint density at radius 3 is 2.66 bits per heavy atom. The molecular formula is C21H32IN7O3. The number of aliphatic imine (C=N–C) groups is 1. The van der Waals surface area contributed by atoms with Gasteiger partial charge in [-0.3, -0.25) is 14.4 Å². The monoisotopic (exact) mass is 557 g/mol. The Labute approximate surface area is 204 Å². The van der Waals surface area contributed by atoms with Crippen LogP contribution in [0.1, 0.15) is 42.6 Å². The third-order valence-corrected chi connectivity index (χ3v) is 5.75. The molecular weight excluding hydrogens is 525 g/mol. The second-order valence-corrected chi connectivity index (χ2v) is 7.88. The van der Waals surface area contributed by atoms with Crippen molar-refractivity contribution in [3.8, 4) is 0 Å². The molecule has 1 fully saturated rings. The molecule has 1 amide bonds. The highest BCUT2D eigenvalue weighted by atomic mass is 127. The molecule has 11 heteroatoms. The Balaban J connectivity index is 0.00000289. The number of halogens is 1. The van der Waals surface area contributed by atoms with Crippen LogP contribution in [0, 0.1) is 0 Å². The van der Waals surface area contributed by atoms with Gasteiger partial charge in [-0.1, -0.05) is 0 Å². The molecule has 10 nitrogen and oxygen atoms in total. The SMILES string of the molecule is CCNC(=NCCCn1nc2n(c1=O)CCCC2)N1CCN(C(=O)c2ccco2)CC1.I. The molecule has 2 aromatic heterocycles. The van der Waals surface area contributed by atoms with Crippen molar-refractivity contribution in [1.82, 2.24) is 29.5 Å². The number of nitrogens with one attached hydrogen (secondary N) is 1. The Morgan fingerprint density at radius 1 is 1.19 bits per heavy atom. The topological polar surface area (TPSA) is 101 Å². The minimum absolute atomic E-state index is 0. The van der Waals surface area contributed by atoms with Crippen LogP contribution in [0.3, 0.4) is 0 Å². The summed E-state index contributed by atoms with van der Waals surface area (Å²) in [4.78, 5) is 33.6. The van der Waals surface area contributed by atoms with Gasteiger partial charge < -0.3 is 19.5 Å². The fourth-order valence-corrected chi connectivity index (χ4v) is 4.10. The Morgan fingerprint density at radius 2 is 1.97 bits per heavy atom. The van der Waals surface area contributed by atoms with E-state index in [1.165, 1.54) is 6.26 Å². The molecule has 0 bridgehead atoms. The number of hydrogen-bond acceptors (Lipinski definition) is 5. The van der Waals surface area contributed by atoms with Gasteiger partial charge in [0.2, 0.25) is 0 Å². The summed E-state index contributed by atoms with van der Waals surface area (Å²) in [5, 5.41) is 7.83. The van der Waals surface area contributed by atoms with Crippen LogP contribution in [-0.4, -0.2) is 75.3 Å². The van der Waals surface area contributed by atoms with E-state index in [-0.39, 0.29) is 35.6 Å². The first-order valence-corrected chi connectivity index (χ1v) is 11.2. The fourth-order valence-electron chi connectivity index (χ4n) is 4.10. The van der Waals surface area contributed by atoms with Gasteiger partial charge in [-0.2, -0.15) is 5.10 Å². The lowest BCUT2D eigenvalue weighted by atomic mass is 10.2. The maximum atomic E-state index is 12.4. The summed E-state index contributed by atoms with van der Waals surface area (Å²) in [5.74, 6) is 2.07. The van der Waals surface area contributed by atoms with Crippen molar-refractivity contribution < 1.29 is 9.21 Å². The van der Waals surface area contributed by atoms with Crippen molar-refractivity contribution in [2.45, 2.75) is 45.7 Å². The van der Waals surface area contributed by atoms with E-state index in [0.29, 0.717) is 45.0 Å². The third-order valence-electron chi connectivity index (χ3n) is 5.75. The van der Waals surface area contributed by atoms with Gasteiger partial charge in [0.1, 0.15) is 5.82 Å². The van der Waals surface area contributed by atoms with Crippen LogP contribution < -0.4 is 11.0 Å². The second-order valence-electron chi connectivity index (χ2n) is 7.88. The molecule has 2 aliphatic heterocycles. The smallest absolute Gasteiger partial charge is 0.345 e. The molecule has 4 rings (SSSR count). The van der Waals surface area contributed by atoms with E-state index in [1.807, 2.05) is 11.8 Å². The second kappa shape index (κ2) is 11.5. The molecule has 4 heterocycles. The van der Waals surface area contributed by atoms with E-state index in [2.05, 4.69) is 15.3 Å². The quantitative estimate of drug-likeness (QED) is 0.250. The molecule has 2 aromatic rings. The van der Waals surface area contributed by atoms with Crippen LogP contribution >= 0.6 is 24.0 Å². The van der Waals surface area contributed by atoms with E-state index in [0.717, 1.165) is 50.6 Å². The van der Waals surface area contributed by atoms with Gasteiger partial charge in [-0.05, 0) is 38.3 Å². The highest BCUT2D eigenvalue weighted by Crippen LogP contribution is 2.11. The van der Waals surface area contributed by atoms with Crippen LogP contribution in [0.4, 0.5) is 0 Å². The molecule has 0 radical (unpaired) electrons. The number of nitrogens with zero attached hydrogens (tertiary/aromatic N) is 6. The molecule has 0 unspecified atom stereocenters. The zero-order chi connectivity index (χ0) is 21.6. The molecule has 32 heavy (non-hydrogen) atoms. The van der Waals surface area contributed by atoms with Gasteiger partial charge in [0.15, 0.2) is 11.7 Å². The standard InChI is InChI=1S/C21H31N7O3.HI/c1-2-22-20(26-14-12-25(13-15-26)19(29)17-7-5-16-31-17)23-9-6-11-28-21(30)27-10-4-3-8-18(27)24-28;/h5,7,16H,2-4,6,8-15H2,1H3,(H,22,23);1H. The lowest BCUT2D eigenvalue weighted by molar-refractivity contribution is 0.0657. The molecule has 0 aliphatic carbocycles. The zero-order valence-corrected chi connectivity index (χ0v) is 20.9. The first kappa shape index (κ1) is 24.3. The normalized spacial score (nSPS) is 16.5. The van der Waals surface area contributed by atoms with Crippen molar-refractivity contribution in [2.75, 3.05) is 39.3 Å². The maximum Gasteiger partial charge on any atom is 0.345 e. The van der Waals surface area contributed by atoms with Gasteiger partial charge in [0.05, 0.1) is 6.26 Å². The predicted octanol–water partition coefficient (Wildman–Crippen LogP) is 1.41. The van der Waals surface area contributed by atoms with Crippen LogP contribution in [-0.2, 0) is 19.5 Å². The molecule has 0 atom stereocenters. The van der Waals surface area contributed by atoms with Crippen LogP contribution in [0.2, 0.25) is 0 Å². The van der Waals surface area contributed by atoms with E-state index in [9.17, 15) is 9.59 Å². The molecule has 2 aliphatic rings. The minimum Gasteiger partial charge on any atom is -0.459 e. The summed E-state index contributed by atoms with van der Waals surface area (Å²) >= 11 is 0. The number of fused-ring (bicyclic) bond motifs is 1. The number of guanidine groups is 1. The lowest BCUT2D eigenvalue weighted by Crippen LogP contribution is -2.53. The highest BCUT2D eigenvalue weighted by molar-refractivity contribution is 14.0. The van der Waals surface area contributed by atoms with Crippen LogP contribution in [0.5, 0.6) is 0 Å². The minimum atomic E-state index is -0.0696. The number of piperazine rings is 1. The van der Waals surface area contributed by atoms with E-state index < -0.39 is 0 Å². The van der Waals surface area contributed by atoms with Crippen molar-refractivity contribution in [2.24, 2.45) is 4.99 Å². The molecule has 0 spiro atoms. The zero-order valence-electron chi connectivity index (χ0n) is 18.5. The first-order chi connectivity index (χ1) is 15.2. The Bertz CT molecular complexity index is 959. The van der Waals surface area contributed by atoms with Crippen molar-refractivity contribution in [1.29, 1.82) is 0 Å². The summed E-state index contributed by atoms with van der Waals surface area (Å²) in [6.45, 7) is 7.47. The summed E-state index contributed by atoms with van der Waals surface area (Å²) in [6, 6.07) is 3.43. The number of aryl methyl sites for hydroxylation is 2. The Kier molecular flexibility index (Phi) is 8.76. The number of hydrogen-bond donors (Lipinski definition) is 1. The molecule has 176 valence electrons. The van der Waals surface area contributed by atoms with Gasteiger partial charge in [0, 0.05) is 58.8 Å². The summed E-state index contributed by atoms with van der Waals surface area (Å²) in [6.07, 6.45) is 5.32.